The highest BCUT2D eigenvalue weighted by molar-refractivity contribution is 9.11. The maximum atomic E-state index is 12.0. The van der Waals surface area contributed by atoms with Crippen LogP contribution in [0.25, 0.3) is 0 Å². The summed E-state index contributed by atoms with van der Waals surface area (Å²) in [5.74, 6) is -0.475. The third-order valence-electron chi connectivity index (χ3n) is 2.92. The number of carbonyl (C=O) groups is 2. The van der Waals surface area contributed by atoms with Crippen LogP contribution in [0.2, 0.25) is 0 Å². The van der Waals surface area contributed by atoms with E-state index in [0.29, 0.717) is 20.3 Å². The van der Waals surface area contributed by atoms with Crippen molar-refractivity contribution in [3.8, 4) is 11.5 Å². The smallest absolute Gasteiger partial charge is 0.271 e. The van der Waals surface area contributed by atoms with Crippen LogP contribution in [-0.2, 0) is 4.79 Å². The van der Waals surface area contributed by atoms with E-state index in [1.165, 1.54) is 18.3 Å². The zero-order valence-electron chi connectivity index (χ0n) is 12.7. The molecular weight excluding hydrogens is 458 g/mol. The van der Waals surface area contributed by atoms with Crippen LogP contribution in [0.3, 0.4) is 0 Å². The molecule has 0 aliphatic heterocycles. The Morgan fingerprint density at radius 1 is 1.20 bits per heavy atom. The molecule has 0 saturated heterocycles. The molecule has 0 aliphatic rings. The van der Waals surface area contributed by atoms with Gasteiger partial charge in [0.2, 0.25) is 0 Å². The van der Waals surface area contributed by atoms with Gasteiger partial charge < -0.3 is 15.6 Å². The van der Waals surface area contributed by atoms with Crippen molar-refractivity contribution >= 4 is 49.9 Å². The number of ether oxygens (including phenoxy) is 1. The van der Waals surface area contributed by atoms with E-state index in [0.717, 1.165) is 5.56 Å². The van der Waals surface area contributed by atoms with E-state index < -0.39 is 11.8 Å². The topological polar surface area (TPSA) is 114 Å². The fourth-order valence-corrected chi connectivity index (χ4v) is 2.92. The average molecular weight is 471 g/mol. The van der Waals surface area contributed by atoms with E-state index in [1.807, 2.05) is 0 Å². The van der Waals surface area contributed by atoms with Crippen molar-refractivity contribution in [1.29, 1.82) is 0 Å². The fourth-order valence-electron chi connectivity index (χ4n) is 1.73. The second-order valence-corrected chi connectivity index (χ2v) is 6.52. The van der Waals surface area contributed by atoms with E-state index in [9.17, 15) is 14.7 Å². The second-order valence-electron chi connectivity index (χ2n) is 4.81. The molecule has 0 saturated carbocycles. The molecule has 0 aromatic heterocycles. The quantitative estimate of drug-likeness (QED) is 0.444. The Morgan fingerprint density at radius 2 is 1.80 bits per heavy atom. The molecular formula is C16H13Br2N3O4. The van der Waals surface area contributed by atoms with Gasteiger partial charge in [0.05, 0.1) is 15.2 Å². The number of benzene rings is 2. The molecule has 2 aromatic carbocycles. The first-order valence-corrected chi connectivity index (χ1v) is 8.48. The van der Waals surface area contributed by atoms with Crippen LogP contribution in [0, 0.1) is 0 Å². The molecule has 2 aromatic rings. The lowest BCUT2D eigenvalue weighted by atomic mass is 10.2. The number of nitrogens with one attached hydrogen (secondary N) is 1. The Bertz CT molecular complexity index is 800. The minimum atomic E-state index is -0.555. The highest BCUT2D eigenvalue weighted by Crippen LogP contribution is 2.33. The number of hydrogen-bond acceptors (Lipinski definition) is 5. The lowest BCUT2D eigenvalue weighted by molar-refractivity contribution is -0.119. The number of carbonyl (C=O) groups excluding carboxylic acids is 2. The number of rotatable bonds is 6. The molecule has 0 radical (unpaired) electrons. The van der Waals surface area contributed by atoms with Gasteiger partial charge >= 0.3 is 0 Å². The molecule has 0 fully saturated rings. The highest BCUT2D eigenvalue weighted by atomic mass is 79.9. The fraction of sp³-hybridized carbons (Fsp3) is 0.0625. The van der Waals surface area contributed by atoms with Gasteiger partial charge in [-0.3, -0.25) is 9.59 Å². The number of nitrogens with zero attached hydrogens (tertiary/aromatic N) is 1. The SMILES string of the molecule is NC(=O)COc1ccc(/C=N\NC(=O)c2cc(Br)c(O)c(Br)c2)cc1. The molecule has 0 aliphatic carbocycles. The number of aromatic hydroxyl groups is 1. The van der Waals surface area contributed by atoms with Gasteiger partial charge in [-0.25, -0.2) is 5.43 Å². The Morgan fingerprint density at radius 3 is 2.36 bits per heavy atom. The summed E-state index contributed by atoms with van der Waals surface area (Å²) in [6.45, 7) is -0.193. The van der Waals surface area contributed by atoms with Gasteiger partial charge in [-0.1, -0.05) is 0 Å². The average Bonchev–Trinajstić information content (AvgIpc) is 2.58. The predicted octanol–water partition coefficient (Wildman–Crippen LogP) is 2.55. The molecule has 9 heteroatoms. The van der Waals surface area contributed by atoms with Crippen LogP contribution in [0.15, 0.2) is 50.4 Å². The van der Waals surface area contributed by atoms with Crippen molar-refractivity contribution in [2.75, 3.05) is 6.61 Å². The molecule has 25 heavy (non-hydrogen) atoms. The van der Waals surface area contributed by atoms with Gasteiger partial charge in [0, 0.05) is 5.56 Å². The first-order chi connectivity index (χ1) is 11.9. The van der Waals surface area contributed by atoms with Gasteiger partial charge in [-0.15, -0.1) is 0 Å². The molecule has 130 valence electrons. The standard InChI is InChI=1S/C16H13Br2N3O4/c17-12-5-10(6-13(18)15(12)23)16(24)21-20-7-9-1-3-11(4-2-9)25-8-14(19)22/h1-7,23H,8H2,(H2,19,22)(H,21,24)/b20-7-. The molecule has 0 atom stereocenters. The lowest BCUT2D eigenvalue weighted by Gasteiger charge is -2.05. The zero-order valence-corrected chi connectivity index (χ0v) is 15.9. The number of primary amides is 1. The first-order valence-electron chi connectivity index (χ1n) is 6.89. The maximum absolute atomic E-state index is 12.0. The molecule has 0 unspecified atom stereocenters. The summed E-state index contributed by atoms with van der Waals surface area (Å²) in [5.41, 5.74) is 8.43. The summed E-state index contributed by atoms with van der Waals surface area (Å²) in [6.07, 6.45) is 1.46. The number of nitrogens with two attached hydrogens (primary N) is 1. The summed E-state index contributed by atoms with van der Waals surface area (Å²) in [4.78, 5) is 22.7. The van der Waals surface area contributed by atoms with Gasteiger partial charge in [0.1, 0.15) is 11.5 Å². The predicted molar refractivity (Wildman–Crippen MR) is 99.7 cm³/mol. The van der Waals surface area contributed by atoms with E-state index in [4.69, 9.17) is 10.5 Å². The Balaban J connectivity index is 1.96. The lowest BCUT2D eigenvalue weighted by Crippen LogP contribution is -2.20. The molecule has 0 bridgehead atoms. The molecule has 2 amide bonds. The largest absolute Gasteiger partial charge is 0.506 e. The Kier molecular flexibility index (Phi) is 6.54. The third kappa shape index (κ3) is 5.57. The molecule has 0 spiro atoms. The number of halogens is 2. The van der Waals surface area contributed by atoms with Crippen LogP contribution in [0.1, 0.15) is 15.9 Å². The third-order valence-corrected chi connectivity index (χ3v) is 4.13. The van der Waals surface area contributed by atoms with Crippen molar-refractivity contribution in [2.24, 2.45) is 10.8 Å². The molecule has 2 rings (SSSR count). The van der Waals surface area contributed by atoms with Gasteiger partial charge in [-0.05, 0) is 73.8 Å². The molecule has 4 N–H and O–H groups in total. The maximum Gasteiger partial charge on any atom is 0.271 e. The van der Waals surface area contributed by atoms with Gasteiger partial charge in [-0.2, -0.15) is 5.10 Å². The highest BCUT2D eigenvalue weighted by Gasteiger charge is 2.11. The summed E-state index contributed by atoms with van der Waals surface area (Å²) in [6, 6.07) is 9.69. The van der Waals surface area contributed by atoms with Crippen LogP contribution in [0.4, 0.5) is 0 Å². The number of phenolic OH excluding ortho intramolecular Hbond substituents is 1. The van der Waals surface area contributed by atoms with Crippen LogP contribution in [0.5, 0.6) is 11.5 Å². The Labute approximate surface area is 160 Å². The molecule has 7 nitrogen and oxygen atoms in total. The summed E-state index contributed by atoms with van der Waals surface area (Å²) < 4.78 is 5.92. The normalized spacial score (nSPS) is 10.6. The zero-order chi connectivity index (χ0) is 18.4. The van der Waals surface area contributed by atoms with Crippen molar-refractivity contribution in [3.63, 3.8) is 0 Å². The van der Waals surface area contributed by atoms with Crippen LogP contribution < -0.4 is 15.9 Å². The van der Waals surface area contributed by atoms with Crippen LogP contribution in [-0.4, -0.2) is 29.7 Å². The molecule has 0 heterocycles. The number of amides is 2. The van der Waals surface area contributed by atoms with Crippen molar-refractivity contribution in [1.82, 2.24) is 5.43 Å². The summed E-state index contributed by atoms with van der Waals surface area (Å²) >= 11 is 6.32. The van der Waals surface area contributed by atoms with E-state index in [2.05, 4.69) is 42.4 Å². The van der Waals surface area contributed by atoms with Crippen molar-refractivity contribution in [3.05, 3.63) is 56.5 Å². The van der Waals surface area contributed by atoms with E-state index in [1.54, 1.807) is 24.3 Å². The summed E-state index contributed by atoms with van der Waals surface area (Å²) in [5, 5.41) is 13.5. The van der Waals surface area contributed by atoms with Crippen LogP contribution >= 0.6 is 31.9 Å². The second kappa shape index (κ2) is 8.63. The first kappa shape index (κ1) is 18.9. The van der Waals surface area contributed by atoms with Gasteiger partial charge in [0.15, 0.2) is 6.61 Å². The number of hydrogen-bond donors (Lipinski definition) is 3. The monoisotopic (exact) mass is 469 g/mol. The van der Waals surface area contributed by atoms with Crippen molar-refractivity contribution < 1.29 is 19.4 Å². The Hall–Kier alpha value is -2.39. The number of phenols is 1. The van der Waals surface area contributed by atoms with E-state index >= 15 is 0 Å². The van der Waals surface area contributed by atoms with Crippen molar-refractivity contribution in [2.45, 2.75) is 0 Å². The van der Waals surface area contributed by atoms with E-state index in [-0.39, 0.29) is 12.4 Å². The summed E-state index contributed by atoms with van der Waals surface area (Å²) in [7, 11) is 0. The number of hydrazone groups is 1. The minimum Gasteiger partial charge on any atom is -0.506 e. The minimum absolute atomic E-state index is 0.0127. The van der Waals surface area contributed by atoms with Gasteiger partial charge in [0.25, 0.3) is 11.8 Å².